The molecule has 0 aromatic carbocycles. The number of hydrogen-bond acceptors (Lipinski definition) is 5. The summed E-state index contributed by atoms with van der Waals surface area (Å²) < 4.78 is 0. The highest BCUT2D eigenvalue weighted by Crippen LogP contribution is 1.95. The fourth-order valence-electron chi connectivity index (χ4n) is 0.844. The van der Waals surface area contributed by atoms with Gasteiger partial charge in [-0.05, 0) is 0 Å². The predicted octanol–water partition coefficient (Wildman–Crippen LogP) is -1.22. The van der Waals surface area contributed by atoms with Crippen molar-refractivity contribution in [1.82, 2.24) is 9.97 Å². The number of H-pyrrole nitrogens is 1. The fourth-order valence-corrected chi connectivity index (χ4v) is 0.844. The van der Waals surface area contributed by atoms with Gasteiger partial charge in [0.25, 0.3) is 0 Å². The molecule has 7 N–H and O–H groups in total. The topological polar surface area (TPSA) is 155 Å². The minimum Gasteiger partial charge on any atom is -0.481 e. The quantitative estimate of drug-likeness (QED) is 0.434. The Balaban J connectivity index is 0.000000366. The van der Waals surface area contributed by atoms with Crippen LogP contribution in [0.25, 0.3) is 0 Å². The second-order valence-electron chi connectivity index (χ2n) is 3.16. The number of hydrogen-bond donors (Lipinski definition) is 5. The molecule has 0 bridgehead atoms. The number of carboxylic acids is 2. The van der Waals surface area contributed by atoms with Gasteiger partial charge in [0.05, 0.1) is 12.7 Å². The lowest BCUT2D eigenvalue weighted by atomic mass is 10.2. The second-order valence-corrected chi connectivity index (χ2v) is 3.16. The summed E-state index contributed by atoms with van der Waals surface area (Å²) in [5, 5.41) is 16.3. The Bertz CT molecular complexity index is 339. The predicted molar refractivity (Wildman–Crippen MR) is 59.2 cm³/mol. The number of rotatable bonds is 5. The van der Waals surface area contributed by atoms with E-state index in [1.807, 2.05) is 0 Å². The minimum absolute atomic E-state index is 0.0694. The molecule has 0 radical (unpaired) electrons. The van der Waals surface area contributed by atoms with Crippen LogP contribution in [-0.2, 0) is 16.0 Å². The van der Waals surface area contributed by atoms with Gasteiger partial charge in [-0.1, -0.05) is 0 Å². The first-order valence-electron chi connectivity index (χ1n) is 4.84. The van der Waals surface area contributed by atoms with Gasteiger partial charge in [0, 0.05) is 24.9 Å². The summed E-state index contributed by atoms with van der Waals surface area (Å²) in [6, 6.07) is -0.851. The molecule has 1 aromatic heterocycles. The van der Waals surface area contributed by atoms with Crippen LogP contribution in [0.5, 0.6) is 0 Å². The average molecular weight is 244 g/mol. The molecule has 8 nitrogen and oxygen atoms in total. The lowest BCUT2D eigenvalue weighted by molar-refractivity contribution is -0.138. The maximum Gasteiger partial charge on any atom is 0.320 e. The van der Waals surface area contributed by atoms with Gasteiger partial charge < -0.3 is 26.7 Å². The molecule has 0 aliphatic carbocycles. The lowest BCUT2D eigenvalue weighted by Crippen LogP contribution is -2.32. The zero-order valence-electron chi connectivity index (χ0n) is 9.17. The normalized spacial score (nSPS) is 11.2. The number of imidazole rings is 1. The Morgan fingerprint density at radius 2 is 2.12 bits per heavy atom. The third kappa shape index (κ3) is 7.94. The zero-order chi connectivity index (χ0) is 13.3. The van der Waals surface area contributed by atoms with Gasteiger partial charge in [0.1, 0.15) is 6.04 Å². The molecule has 0 aliphatic heterocycles. The highest BCUT2D eigenvalue weighted by molar-refractivity contribution is 5.73. The molecular weight excluding hydrogens is 228 g/mol. The van der Waals surface area contributed by atoms with E-state index in [-0.39, 0.29) is 19.4 Å². The molecule has 0 spiro atoms. The number of nitrogens with two attached hydrogens (primary N) is 2. The molecule has 1 rings (SSSR count). The van der Waals surface area contributed by atoms with E-state index in [9.17, 15) is 9.59 Å². The molecule has 17 heavy (non-hydrogen) atoms. The largest absolute Gasteiger partial charge is 0.481 e. The summed E-state index contributed by atoms with van der Waals surface area (Å²) in [5.41, 5.74) is 10.8. The number of carboxylic acid groups (broad SMARTS) is 2. The van der Waals surface area contributed by atoms with E-state index < -0.39 is 18.0 Å². The Morgan fingerprint density at radius 3 is 2.41 bits per heavy atom. The number of aromatic nitrogens is 2. The van der Waals surface area contributed by atoms with Crippen LogP contribution >= 0.6 is 0 Å². The third-order valence-corrected chi connectivity index (χ3v) is 1.67. The Hall–Kier alpha value is -1.93. The van der Waals surface area contributed by atoms with Crippen molar-refractivity contribution in [3.05, 3.63) is 18.2 Å². The summed E-state index contributed by atoms with van der Waals surface area (Å²) in [6.07, 6.45) is 3.40. The summed E-state index contributed by atoms with van der Waals surface area (Å²) in [5.74, 6) is -1.84. The Labute approximate surface area is 97.6 Å². The van der Waals surface area contributed by atoms with Gasteiger partial charge in [-0.15, -0.1) is 0 Å². The summed E-state index contributed by atoms with van der Waals surface area (Å²) in [7, 11) is 0. The minimum atomic E-state index is -1.00. The van der Waals surface area contributed by atoms with Gasteiger partial charge in [0.2, 0.25) is 0 Å². The van der Waals surface area contributed by atoms with Crippen molar-refractivity contribution in [3.8, 4) is 0 Å². The molecule has 96 valence electrons. The summed E-state index contributed by atoms with van der Waals surface area (Å²) in [6.45, 7) is 0.231. The molecular formula is C9H16N4O4. The molecule has 0 amide bonds. The van der Waals surface area contributed by atoms with Crippen LogP contribution in [0.2, 0.25) is 0 Å². The first kappa shape index (κ1) is 15.1. The van der Waals surface area contributed by atoms with E-state index in [4.69, 9.17) is 21.7 Å². The van der Waals surface area contributed by atoms with E-state index in [0.29, 0.717) is 0 Å². The molecule has 8 heteroatoms. The highest BCUT2D eigenvalue weighted by atomic mass is 16.4. The van der Waals surface area contributed by atoms with Crippen molar-refractivity contribution in [1.29, 1.82) is 0 Å². The molecule has 0 fully saturated rings. The van der Waals surface area contributed by atoms with E-state index in [0.717, 1.165) is 5.69 Å². The number of nitrogens with one attached hydrogen (secondary N) is 1. The molecule has 0 unspecified atom stereocenters. The standard InChI is InChI=1S/C6H9N3O2.C3H7NO2/c7-5(6(10)11)1-4-2-8-3-9-4;4-2-1-3(5)6/h2-3,5H,1,7H2,(H,8,9)(H,10,11);1-2,4H2,(H,5,6)/t5-;/m0./s1. The van der Waals surface area contributed by atoms with Crippen molar-refractivity contribution >= 4 is 11.9 Å². The Morgan fingerprint density at radius 1 is 1.47 bits per heavy atom. The first-order valence-corrected chi connectivity index (χ1v) is 4.84. The monoisotopic (exact) mass is 244 g/mol. The van der Waals surface area contributed by atoms with Crippen LogP contribution in [0.1, 0.15) is 12.1 Å². The average Bonchev–Trinajstić information content (AvgIpc) is 2.70. The van der Waals surface area contributed by atoms with E-state index >= 15 is 0 Å². The smallest absolute Gasteiger partial charge is 0.320 e. The van der Waals surface area contributed by atoms with Crippen LogP contribution in [0, 0.1) is 0 Å². The summed E-state index contributed by atoms with van der Waals surface area (Å²) in [4.78, 5) is 26.3. The van der Waals surface area contributed by atoms with Crippen LogP contribution in [0.4, 0.5) is 0 Å². The molecule has 0 saturated heterocycles. The zero-order valence-corrected chi connectivity index (χ0v) is 9.17. The van der Waals surface area contributed by atoms with Crippen LogP contribution in [0.3, 0.4) is 0 Å². The number of aromatic amines is 1. The molecule has 1 atom stereocenters. The molecule has 1 aromatic rings. The van der Waals surface area contributed by atoms with Crippen LogP contribution in [-0.4, -0.2) is 44.7 Å². The van der Waals surface area contributed by atoms with Gasteiger partial charge in [-0.3, -0.25) is 9.59 Å². The van der Waals surface area contributed by atoms with Crippen molar-refractivity contribution < 1.29 is 19.8 Å². The molecule has 0 aliphatic rings. The molecule has 0 saturated carbocycles. The number of carbonyl (C=O) groups is 2. The van der Waals surface area contributed by atoms with Crippen molar-refractivity contribution in [2.75, 3.05) is 6.54 Å². The maximum absolute atomic E-state index is 10.3. The lowest BCUT2D eigenvalue weighted by Gasteiger charge is -2.02. The maximum atomic E-state index is 10.3. The highest BCUT2D eigenvalue weighted by Gasteiger charge is 2.11. The van der Waals surface area contributed by atoms with Crippen LogP contribution < -0.4 is 11.5 Å². The van der Waals surface area contributed by atoms with Gasteiger partial charge in [-0.2, -0.15) is 0 Å². The first-order chi connectivity index (χ1) is 7.97. The van der Waals surface area contributed by atoms with Crippen LogP contribution in [0.15, 0.2) is 12.5 Å². The number of aliphatic carboxylic acids is 2. The van der Waals surface area contributed by atoms with Crippen molar-refractivity contribution in [2.24, 2.45) is 11.5 Å². The van der Waals surface area contributed by atoms with Crippen molar-refractivity contribution in [3.63, 3.8) is 0 Å². The summed E-state index contributed by atoms with van der Waals surface area (Å²) >= 11 is 0. The third-order valence-electron chi connectivity index (χ3n) is 1.67. The molecule has 1 heterocycles. The van der Waals surface area contributed by atoms with Gasteiger partial charge >= 0.3 is 11.9 Å². The van der Waals surface area contributed by atoms with E-state index in [1.165, 1.54) is 6.33 Å². The van der Waals surface area contributed by atoms with Crippen molar-refractivity contribution in [2.45, 2.75) is 18.9 Å². The SMILES string of the molecule is NCCC(=O)O.N[C@@H](Cc1cnc[nH]1)C(=O)O. The van der Waals surface area contributed by atoms with Gasteiger partial charge in [0.15, 0.2) is 0 Å². The fraction of sp³-hybridized carbons (Fsp3) is 0.444. The number of nitrogens with zero attached hydrogens (tertiary/aromatic N) is 1. The Kier molecular flexibility index (Phi) is 7.31. The van der Waals surface area contributed by atoms with E-state index in [2.05, 4.69) is 9.97 Å². The van der Waals surface area contributed by atoms with E-state index in [1.54, 1.807) is 6.20 Å². The second kappa shape index (κ2) is 8.25. The van der Waals surface area contributed by atoms with Gasteiger partial charge in [-0.25, -0.2) is 4.98 Å².